The second-order valence-corrected chi connectivity index (χ2v) is 3.84. The lowest BCUT2D eigenvalue weighted by Crippen LogP contribution is -2.40. The van der Waals surface area contributed by atoms with E-state index in [2.05, 4.69) is 5.32 Å². The molecule has 104 valence electrons. The van der Waals surface area contributed by atoms with Crippen molar-refractivity contribution in [3.8, 4) is 11.5 Å². The van der Waals surface area contributed by atoms with Gasteiger partial charge in [-0.25, -0.2) is 4.79 Å². The van der Waals surface area contributed by atoms with Crippen molar-refractivity contribution in [2.75, 3.05) is 14.2 Å². The first-order valence-electron chi connectivity index (χ1n) is 5.79. The maximum absolute atomic E-state index is 11.9. The van der Waals surface area contributed by atoms with Crippen molar-refractivity contribution in [3.05, 3.63) is 23.8 Å². The van der Waals surface area contributed by atoms with Crippen molar-refractivity contribution in [2.24, 2.45) is 0 Å². The third kappa shape index (κ3) is 3.61. The molecule has 0 radical (unpaired) electrons. The number of nitrogens with one attached hydrogen (secondary N) is 1. The lowest BCUT2D eigenvalue weighted by atomic mass is 10.1. The summed E-state index contributed by atoms with van der Waals surface area (Å²) in [5.41, 5.74) is 0.317. The number of ether oxygens (including phenoxy) is 2. The molecule has 1 rings (SSSR count). The highest BCUT2D eigenvalue weighted by Gasteiger charge is 2.19. The van der Waals surface area contributed by atoms with Crippen molar-refractivity contribution in [1.29, 1.82) is 0 Å². The quantitative estimate of drug-likeness (QED) is 0.811. The fourth-order valence-electron chi connectivity index (χ4n) is 1.56. The minimum absolute atomic E-state index is 0.314. The molecule has 0 bridgehead atoms. The van der Waals surface area contributed by atoms with E-state index in [9.17, 15) is 9.59 Å². The van der Waals surface area contributed by atoms with Crippen LogP contribution >= 0.6 is 0 Å². The van der Waals surface area contributed by atoms with Gasteiger partial charge in [0.25, 0.3) is 5.91 Å². The smallest absolute Gasteiger partial charge is 0.326 e. The van der Waals surface area contributed by atoms with E-state index < -0.39 is 17.9 Å². The van der Waals surface area contributed by atoms with E-state index in [1.165, 1.54) is 20.3 Å². The maximum atomic E-state index is 11.9. The van der Waals surface area contributed by atoms with Crippen molar-refractivity contribution in [2.45, 2.75) is 19.4 Å². The summed E-state index contributed by atoms with van der Waals surface area (Å²) >= 11 is 0. The second kappa shape index (κ2) is 6.63. The number of amides is 1. The average Bonchev–Trinajstić information content (AvgIpc) is 2.43. The van der Waals surface area contributed by atoms with Crippen LogP contribution in [0.5, 0.6) is 11.5 Å². The van der Waals surface area contributed by atoms with Gasteiger partial charge in [-0.15, -0.1) is 0 Å². The Morgan fingerprint density at radius 3 is 2.37 bits per heavy atom. The van der Waals surface area contributed by atoms with Crippen LogP contribution in [0, 0.1) is 0 Å². The van der Waals surface area contributed by atoms with Crippen molar-refractivity contribution < 1.29 is 24.2 Å². The molecule has 0 aliphatic carbocycles. The molecule has 0 spiro atoms. The number of methoxy groups -OCH3 is 2. The van der Waals surface area contributed by atoms with Crippen LogP contribution in [-0.4, -0.2) is 37.2 Å². The molecule has 1 aromatic carbocycles. The normalized spacial score (nSPS) is 11.5. The van der Waals surface area contributed by atoms with Gasteiger partial charge in [-0.1, -0.05) is 6.92 Å². The largest absolute Gasteiger partial charge is 0.493 e. The highest BCUT2D eigenvalue weighted by molar-refractivity contribution is 5.97. The monoisotopic (exact) mass is 267 g/mol. The summed E-state index contributed by atoms with van der Waals surface area (Å²) in [6, 6.07) is 3.74. The summed E-state index contributed by atoms with van der Waals surface area (Å²) in [5, 5.41) is 11.3. The average molecular weight is 267 g/mol. The Hall–Kier alpha value is -2.24. The molecule has 1 atom stereocenters. The molecule has 0 saturated heterocycles. The van der Waals surface area contributed by atoms with Crippen LogP contribution in [0.3, 0.4) is 0 Å². The number of hydrogen-bond acceptors (Lipinski definition) is 4. The van der Waals surface area contributed by atoms with Crippen LogP contribution in [0.15, 0.2) is 18.2 Å². The first-order chi connectivity index (χ1) is 9.03. The first-order valence-corrected chi connectivity index (χ1v) is 5.79. The van der Waals surface area contributed by atoms with Gasteiger partial charge >= 0.3 is 5.97 Å². The molecule has 1 amide bonds. The predicted octanol–water partition coefficient (Wildman–Crippen LogP) is 1.30. The van der Waals surface area contributed by atoms with Gasteiger partial charge in [0, 0.05) is 5.56 Å². The van der Waals surface area contributed by atoms with Crippen molar-refractivity contribution >= 4 is 11.9 Å². The van der Waals surface area contributed by atoms with Crippen LogP contribution in [0.1, 0.15) is 23.7 Å². The number of carboxylic acids is 1. The zero-order chi connectivity index (χ0) is 14.4. The Morgan fingerprint density at radius 1 is 1.26 bits per heavy atom. The number of carbonyl (C=O) groups is 2. The van der Waals surface area contributed by atoms with Gasteiger partial charge in [-0.05, 0) is 24.6 Å². The summed E-state index contributed by atoms with van der Waals surface area (Å²) in [6.07, 6.45) is 0.314. The Bertz CT molecular complexity index is 472. The Kier molecular flexibility index (Phi) is 5.17. The van der Waals surface area contributed by atoms with Gasteiger partial charge in [-0.2, -0.15) is 0 Å². The third-order valence-electron chi connectivity index (χ3n) is 2.66. The lowest BCUT2D eigenvalue weighted by molar-refractivity contribution is -0.139. The molecule has 0 aromatic heterocycles. The lowest BCUT2D eigenvalue weighted by Gasteiger charge is -2.13. The van der Waals surface area contributed by atoms with Gasteiger partial charge in [0.15, 0.2) is 11.5 Å². The van der Waals surface area contributed by atoms with Crippen molar-refractivity contribution in [1.82, 2.24) is 5.32 Å². The molecule has 6 heteroatoms. The third-order valence-corrected chi connectivity index (χ3v) is 2.66. The Morgan fingerprint density at radius 2 is 1.89 bits per heavy atom. The van der Waals surface area contributed by atoms with E-state index >= 15 is 0 Å². The van der Waals surface area contributed by atoms with Gasteiger partial charge in [-0.3, -0.25) is 4.79 Å². The molecule has 1 aromatic rings. The molecule has 0 aliphatic heterocycles. The summed E-state index contributed by atoms with van der Waals surface area (Å²) in [4.78, 5) is 22.8. The number of carboxylic acid groups (broad SMARTS) is 1. The van der Waals surface area contributed by atoms with Crippen LogP contribution in [0.4, 0.5) is 0 Å². The van der Waals surface area contributed by atoms with Gasteiger partial charge in [0.1, 0.15) is 6.04 Å². The molecule has 0 saturated carbocycles. The Balaban J connectivity index is 2.91. The summed E-state index contributed by atoms with van der Waals surface area (Å²) in [6.45, 7) is 1.69. The van der Waals surface area contributed by atoms with Gasteiger partial charge in [0.2, 0.25) is 0 Å². The molecule has 6 nitrogen and oxygen atoms in total. The van der Waals surface area contributed by atoms with E-state index in [1.54, 1.807) is 19.1 Å². The zero-order valence-corrected chi connectivity index (χ0v) is 11.1. The summed E-state index contributed by atoms with van der Waals surface area (Å²) in [5.74, 6) is -0.602. The SMILES string of the molecule is CCC(NC(=O)c1ccc(OC)c(OC)c1)C(=O)O. The zero-order valence-electron chi connectivity index (χ0n) is 11.1. The topological polar surface area (TPSA) is 84.9 Å². The molecule has 0 fully saturated rings. The van der Waals surface area contributed by atoms with Crippen molar-refractivity contribution in [3.63, 3.8) is 0 Å². The number of hydrogen-bond donors (Lipinski definition) is 2. The first kappa shape index (κ1) is 14.8. The van der Waals surface area contributed by atoms with Crippen LogP contribution < -0.4 is 14.8 Å². The Labute approximate surface area is 111 Å². The molecule has 1 unspecified atom stereocenters. The van der Waals surface area contributed by atoms with Crippen LogP contribution in [0.2, 0.25) is 0 Å². The van der Waals surface area contributed by atoms with E-state index in [1.807, 2.05) is 0 Å². The number of rotatable bonds is 6. The molecule has 2 N–H and O–H groups in total. The maximum Gasteiger partial charge on any atom is 0.326 e. The molecule has 0 heterocycles. The van der Waals surface area contributed by atoms with Gasteiger partial charge < -0.3 is 19.9 Å². The van der Waals surface area contributed by atoms with Crippen LogP contribution in [-0.2, 0) is 4.79 Å². The standard InChI is InChI=1S/C13H17NO5/c1-4-9(13(16)17)14-12(15)8-5-6-10(18-2)11(7-8)19-3/h5-7,9H,4H2,1-3H3,(H,14,15)(H,16,17). The molecule has 19 heavy (non-hydrogen) atoms. The molecular formula is C13H17NO5. The fourth-order valence-corrected chi connectivity index (χ4v) is 1.56. The molecular weight excluding hydrogens is 250 g/mol. The fraction of sp³-hybridized carbons (Fsp3) is 0.385. The second-order valence-electron chi connectivity index (χ2n) is 3.84. The minimum Gasteiger partial charge on any atom is -0.493 e. The highest BCUT2D eigenvalue weighted by Crippen LogP contribution is 2.27. The van der Waals surface area contributed by atoms with Gasteiger partial charge in [0.05, 0.1) is 14.2 Å². The minimum atomic E-state index is -1.06. The molecule has 0 aliphatic rings. The highest BCUT2D eigenvalue weighted by atomic mass is 16.5. The van der Waals surface area contributed by atoms with E-state index in [-0.39, 0.29) is 0 Å². The number of aliphatic carboxylic acids is 1. The van der Waals surface area contributed by atoms with Crippen LogP contribution in [0.25, 0.3) is 0 Å². The predicted molar refractivity (Wildman–Crippen MR) is 68.7 cm³/mol. The van der Waals surface area contributed by atoms with E-state index in [0.29, 0.717) is 23.5 Å². The summed E-state index contributed by atoms with van der Waals surface area (Å²) < 4.78 is 10.1. The number of benzene rings is 1. The summed E-state index contributed by atoms with van der Waals surface area (Å²) in [7, 11) is 2.96. The van der Waals surface area contributed by atoms with E-state index in [0.717, 1.165) is 0 Å². The van der Waals surface area contributed by atoms with E-state index in [4.69, 9.17) is 14.6 Å². The number of carbonyl (C=O) groups excluding carboxylic acids is 1.